The van der Waals surface area contributed by atoms with Crippen molar-refractivity contribution in [3.63, 3.8) is 0 Å². The molecule has 0 bridgehead atoms. The third kappa shape index (κ3) is 3.19. The van der Waals surface area contributed by atoms with E-state index in [4.69, 9.17) is 20.3 Å². The molecule has 0 amide bonds. The molecule has 0 saturated heterocycles. The second kappa shape index (κ2) is 6.09. The van der Waals surface area contributed by atoms with Gasteiger partial charge in [0.15, 0.2) is 11.6 Å². The number of halogens is 1. The molecular formula is C14H18FNO4. The summed E-state index contributed by atoms with van der Waals surface area (Å²) in [6.45, 7) is 0. The summed E-state index contributed by atoms with van der Waals surface area (Å²) >= 11 is 0. The van der Waals surface area contributed by atoms with E-state index in [1.165, 1.54) is 0 Å². The molecule has 1 aromatic rings. The Hall–Kier alpha value is -1.82. The Morgan fingerprint density at radius 3 is 2.75 bits per heavy atom. The average Bonchev–Trinajstić information content (AvgIpc) is 2.41. The molecule has 5 nitrogen and oxygen atoms in total. The van der Waals surface area contributed by atoms with E-state index >= 15 is 0 Å². The van der Waals surface area contributed by atoms with Crippen LogP contribution in [0, 0.1) is 5.82 Å². The topological polar surface area (TPSA) is 81.8 Å². The number of benzene rings is 1. The van der Waals surface area contributed by atoms with Crippen LogP contribution in [-0.2, 0) is 4.74 Å². The number of ether oxygens (including phenoxy) is 2. The molecule has 2 rings (SSSR count). The van der Waals surface area contributed by atoms with Crippen LogP contribution in [0.3, 0.4) is 0 Å². The highest BCUT2D eigenvalue weighted by Gasteiger charge is 2.24. The van der Waals surface area contributed by atoms with E-state index < -0.39 is 11.8 Å². The molecule has 0 radical (unpaired) electrons. The maximum Gasteiger partial charge on any atom is 0.337 e. The molecule has 2 atom stereocenters. The van der Waals surface area contributed by atoms with Gasteiger partial charge in [-0.25, -0.2) is 9.18 Å². The zero-order chi connectivity index (χ0) is 14.7. The van der Waals surface area contributed by atoms with Crippen LogP contribution >= 0.6 is 0 Å². The van der Waals surface area contributed by atoms with E-state index in [-0.39, 0.29) is 29.2 Å². The summed E-state index contributed by atoms with van der Waals surface area (Å²) in [6, 6.07) is 2.12. The van der Waals surface area contributed by atoms with Gasteiger partial charge in [0.1, 0.15) is 6.10 Å². The van der Waals surface area contributed by atoms with Gasteiger partial charge in [-0.3, -0.25) is 0 Å². The van der Waals surface area contributed by atoms with Crippen LogP contribution in [0.1, 0.15) is 36.0 Å². The first-order valence-corrected chi connectivity index (χ1v) is 6.53. The Balaban J connectivity index is 2.16. The Labute approximate surface area is 116 Å². The van der Waals surface area contributed by atoms with Crippen LogP contribution in [0.15, 0.2) is 12.1 Å². The van der Waals surface area contributed by atoms with E-state index in [1.807, 2.05) is 0 Å². The normalized spacial score (nSPS) is 22.5. The fourth-order valence-corrected chi connectivity index (χ4v) is 2.45. The second-order valence-electron chi connectivity index (χ2n) is 4.94. The van der Waals surface area contributed by atoms with Gasteiger partial charge in [-0.2, -0.15) is 0 Å². The minimum absolute atomic E-state index is 0.0710. The molecule has 1 saturated carbocycles. The molecule has 0 heterocycles. The largest absolute Gasteiger partial charge is 0.487 e. The van der Waals surface area contributed by atoms with Crippen LogP contribution in [0.4, 0.5) is 10.1 Å². The number of anilines is 1. The SMILES string of the molecule is COC1CCCC(Oc2cc(C(=O)O)c(N)cc2F)C1. The van der Waals surface area contributed by atoms with Gasteiger partial charge in [-0.15, -0.1) is 0 Å². The Bertz CT molecular complexity index is 506. The molecule has 1 aliphatic carbocycles. The minimum atomic E-state index is -1.20. The fraction of sp³-hybridized carbons (Fsp3) is 0.500. The molecule has 20 heavy (non-hydrogen) atoms. The molecule has 6 heteroatoms. The van der Waals surface area contributed by atoms with Crippen molar-refractivity contribution in [3.8, 4) is 5.75 Å². The number of methoxy groups -OCH3 is 1. The van der Waals surface area contributed by atoms with Gasteiger partial charge in [-0.1, -0.05) is 0 Å². The lowest BCUT2D eigenvalue weighted by atomic mass is 9.95. The fourth-order valence-electron chi connectivity index (χ4n) is 2.45. The van der Waals surface area contributed by atoms with Crippen molar-refractivity contribution in [1.29, 1.82) is 0 Å². The van der Waals surface area contributed by atoms with Gasteiger partial charge >= 0.3 is 5.97 Å². The minimum Gasteiger partial charge on any atom is -0.487 e. The molecule has 1 aliphatic rings. The van der Waals surface area contributed by atoms with Gasteiger partial charge in [-0.05, 0) is 25.3 Å². The van der Waals surface area contributed by atoms with Crippen molar-refractivity contribution in [3.05, 3.63) is 23.5 Å². The Morgan fingerprint density at radius 1 is 1.40 bits per heavy atom. The van der Waals surface area contributed by atoms with Crippen LogP contribution in [0.2, 0.25) is 0 Å². The first-order chi connectivity index (χ1) is 9.51. The highest BCUT2D eigenvalue weighted by atomic mass is 19.1. The summed E-state index contributed by atoms with van der Waals surface area (Å²) in [5.41, 5.74) is 5.21. The monoisotopic (exact) mass is 283 g/mol. The van der Waals surface area contributed by atoms with Crippen LogP contribution in [0.5, 0.6) is 5.75 Å². The van der Waals surface area contributed by atoms with Gasteiger partial charge in [0.05, 0.1) is 11.7 Å². The lowest BCUT2D eigenvalue weighted by molar-refractivity contribution is 0.0197. The van der Waals surface area contributed by atoms with Crippen molar-refractivity contribution in [2.45, 2.75) is 37.9 Å². The summed E-state index contributed by atoms with van der Waals surface area (Å²) in [4.78, 5) is 11.0. The highest BCUT2D eigenvalue weighted by molar-refractivity contribution is 5.94. The second-order valence-corrected chi connectivity index (χ2v) is 4.94. The Kier molecular flexibility index (Phi) is 4.44. The summed E-state index contributed by atoms with van der Waals surface area (Å²) in [7, 11) is 1.64. The van der Waals surface area contributed by atoms with Crippen molar-refractivity contribution in [2.24, 2.45) is 0 Å². The Morgan fingerprint density at radius 2 is 2.10 bits per heavy atom. The van der Waals surface area contributed by atoms with Gasteiger partial charge in [0.25, 0.3) is 0 Å². The number of nitrogens with two attached hydrogens (primary N) is 1. The quantitative estimate of drug-likeness (QED) is 0.829. The standard InChI is InChI=1S/C14H18FNO4/c1-19-8-3-2-4-9(5-8)20-13-6-10(14(17)18)12(16)7-11(13)15/h6-9H,2-5,16H2,1H3,(H,17,18). The third-order valence-electron chi connectivity index (χ3n) is 3.54. The summed E-state index contributed by atoms with van der Waals surface area (Å²) in [5, 5.41) is 8.99. The number of carboxylic acid groups (broad SMARTS) is 1. The maximum atomic E-state index is 13.8. The van der Waals surface area contributed by atoms with E-state index in [1.54, 1.807) is 7.11 Å². The molecular weight excluding hydrogens is 265 g/mol. The molecule has 3 N–H and O–H groups in total. The lowest BCUT2D eigenvalue weighted by Crippen LogP contribution is -2.29. The summed E-state index contributed by atoms with van der Waals surface area (Å²) in [6.07, 6.45) is 3.29. The molecule has 1 aromatic carbocycles. The number of rotatable bonds is 4. The van der Waals surface area contributed by atoms with Crippen molar-refractivity contribution >= 4 is 11.7 Å². The highest BCUT2D eigenvalue weighted by Crippen LogP contribution is 2.29. The van der Waals surface area contributed by atoms with E-state index in [9.17, 15) is 9.18 Å². The number of nitrogen functional groups attached to an aromatic ring is 1. The predicted molar refractivity (Wildman–Crippen MR) is 71.5 cm³/mol. The van der Waals surface area contributed by atoms with Crippen molar-refractivity contribution < 1.29 is 23.8 Å². The van der Waals surface area contributed by atoms with Crippen LogP contribution < -0.4 is 10.5 Å². The molecule has 0 aliphatic heterocycles. The predicted octanol–water partition coefficient (Wildman–Crippen LogP) is 2.44. The number of hydrogen-bond acceptors (Lipinski definition) is 4. The van der Waals surface area contributed by atoms with Crippen LogP contribution in [-0.4, -0.2) is 30.4 Å². The zero-order valence-corrected chi connectivity index (χ0v) is 11.3. The first kappa shape index (κ1) is 14.6. The summed E-state index contributed by atoms with van der Waals surface area (Å²) < 4.78 is 24.7. The van der Waals surface area contributed by atoms with E-state index in [0.717, 1.165) is 31.4 Å². The lowest BCUT2D eigenvalue weighted by Gasteiger charge is -2.28. The smallest absolute Gasteiger partial charge is 0.337 e. The number of hydrogen-bond donors (Lipinski definition) is 2. The van der Waals surface area contributed by atoms with Gasteiger partial charge in [0, 0.05) is 25.3 Å². The molecule has 0 spiro atoms. The van der Waals surface area contributed by atoms with Crippen molar-refractivity contribution in [2.75, 3.05) is 12.8 Å². The van der Waals surface area contributed by atoms with Gasteiger partial charge in [0.2, 0.25) is 0 Å². The van der Waals surface area contributed by atoms with Crippen LogP contribution in [0.25, 0.3) is 0 Å². The number of carbonyl (C=O) groups is 1. The van der Waals surface area contributed by atoms with E-state index in [2.05, 4.69) is 0 Å². The van der Waals surface area contributed by atoms with Crippen molar-refractivity contribution in [1.82, 2.24) is 0 Å². The molecule has 1 fully saturated rings. The average molecular weight is 283 g/mol. The first-order valence-electron chi connectivity index (χ1n) is 6.53. The zero-order valence-electron chi connectivity index (χ0n) is 11.3. The maximum absolute atomic E-state index is 13.8. The number of aromatic carboxylic acids is 1. The van der Waals surface area contributed by atoms with Gasteiger partial charge < -0.3 is 20.3 Å². The van der Waals surface area contributed by atoms with E-state index in [0.29, 0.717) is 6.42 Å². The molecule has 0 aromatic heterocycles. The number of carboxylic acids is 1. The molecule has 2 unspecified atom stereocenters. The molecule has 110 valence electrons. The summed E-state index contributed by atoms with van der Waals surface area (Å²) in [5.74, 6) is -1.92. The third-order valence-corrected chi connectivity index (χ3v) is 3.54.